The maximum Gasteiger partial charge on any atom is 0.266 e. The number of anilines is 1. The summed E-state index contributed by atoms with van der Waals surface area (Å²) in [4.78, 5) is 12.9. The van der Waals surface area contributed by atoms with E-state index < -0.39 is 5.91 Å². The lowest BCUT2D eigenvalue weighted by atomic mass is 10.1. The van der Waals surface area contributed by atoms with E-state index in [1.165, 1.54) is 6.08 Å². The predicted octanol–water partition coefficient (Wildman–Crippen LogP) is 5.45. The van der Waals surface area contributed by atoms with Crippen LogP contribution in [0.5, 0.6) is 5.75 Å². The van der Waals surface area contributed by atoms with Gasteiger partial charge in [0.1, 0.15) is 17.4 Å². The van der Waals surface area contributed by atoms with Crippen LogP contribution in [0.2, 0.25) is 5.02 Å². The van der Waals surface area contributed by atoms with E-state index >= 15 is 0 Å². The van der Waals surface area contributed by atoms with Gasteiger partial charge in [-0.1, -0.05) is 42.8 Å². The molecule has 1 heterocycles. The van der Waals surface area contributed by atoms with Crippen LogP contribution in [0.4, 0.5) is 5.69 Å². The van der Waals surface area contributed by atoms with Gasteiger partial charge in [0, 0.05) is 22.3 Å². The lowest BCUT2D eigenvalue weighted by Crippen LogP contribution is -2.14. The second-order valence-electron chi connectivity index (χ2n) is 7.08. The van der Waals surface area contributed by atoms with Crippen molar-refractivity contribution in [3.63, 3.8) is 0 Å². The fraction of sp³-hybridized carbons (Fsp3) is 0.200. The SMILES string of the molecule is CCCOc1ccccc1NC(=O)/C(C#N)=C/c1cn(CCC#N)nc1-c1ccc(Cl)cc1. The molecule has 0 aliphatic carbocycles. The van der Waals surface area contributed by atoms with Crippen LogP contribution in [0, 0.1) is 22.7 Å². The summed E-state index contributed by atoms with van der Waals surface area (Å²) in [6.07, 6.45) is 4.31. The molecule has 33 heavy (non-hydrogen) atoms. The molecule has 166 valence electrons. The Bertz CT molecular complexity index is 1230. The molecule has 3 rings (SSSR count). The van der Waals surface area contributed by atoms with Gasteiger partial charge in [-0.05, 0) is 36.8 Å². The highest BCUT2D eigenvalue weighted by molar-refractivity contribution is 6.30. The van der Waals surface area contributed by atoms with Crippen LogP contribution in [0.15, 0.2) is 60.3 Å². The molecule has 0 bridgehead atoms. The number of nitrogens with one attached hydrogen (secondary N) is 1. The third kappa shape index (κ3) is 6.22. The minimum absolute atomic E-state index is 0.0876. The number of aromatic nitrogens is 2. The Balaban J connectivity index is 1.94. The number of nitriles is 2. The van der Waals surface area contributed by atoms with E-state index in [1.807, 2.05) is 31.2 Å². The van der Waals surface area contributed by atoms with E-state index in [-0.39, 0.29) is 12.0 Å². The second kappa shape index (κ2) is 11.5. The zero-order valence-electron chi connectivity index (χ0n) is 18.1. The van der Waals surface area contributed by atoms with Crippen LogP contribution in [0.3, 0.4) is 0 Å². The van der Waals surface area contributed by atoms with Crippen LogP contribution in [-0.2, 0) is 11.3 Å². The zero-order chi connectivity index (χ0) is 23.6. The average Bonchev–Trinajstić information content (AvgIpc) is 3.23. The summed E-state index contributed by atoms with van der Waals surface area (Å²) in [5, 5.41) is 26.5. The number of ether oxygens (including phenoxy) is 1. The zero-order valence-corrected chi connectivity index (χ0v) is 18.8. The Morgan fingerprint density at radius 1 is 1.21 bits per heavy atom. The van der Waals surface area contributed by atoms with Crippen molar-refractivity contribution in [2.75, 3.05) is 11.9 Å². The molecule has 1 aromatic heterocycles. The van der Waals surface area contributed by atoms with Crippen LogP contribution in [-0.4, -0.2) is 22.3 Å². The first-order chi connectivity index (χ1) is 16.0. The third-order valence-electron chi connectivity index (χ3n) is 4.62. The molecule has 0 aliphatic rings. The number of para-hydroxylation sites is 2. The Morgan fingerprint density at radius 2 is 1.97 bits per heavy atom. The van der Waals surface area contributed by atoms with Gasteiger partial charge in [0.05, 0.1) is 37.0 Å². The van der Waals surface area contributed by atoms with E-state index in [0.717, 1.165) is 12.0 Å². The number of amides is 1. The quantitative estimate of drug-likeness (QED) is 0.338. The highest BCUT2D eigenvalue weighted by atomic mass is 35.5. The summed E-state index contributed by atoms with van der Waals surface area (Å²) >= 11 is 6.00. The van der Waals surface area contributed by atoms with E-state index in [4.69, 9.17) is 21.6 Å². The minimum atomic E-state index is -0.558. The predicted molar refractivity (Wildman–Crippen MR) is 127 cm³/mol. The standard InChI is InChI=1S/C25H22ClN5O2/c1-2-14-33-23-7-4-3-6-22(23)29-25(32)19(16-28)15-20-17-31(13-5-12-27)30-24(20)18-8-10-21(26)11-9-18/h3-4,6-11,15,17H,2,5,13-14H2,1H3,(H,29,32)/b19-15+. The topological polar surface area (TPSA) is 104 Å². The monoisotopic (exact) mass is 459 g/mol. The molecule has 0 radical (unpaired) electrons. The normalized spacial score (nSPS) is 10.8. The van der Waals surface area contributed by atoms with Gasteiger partial charge >= 0.3 is 0 Å². The summed E-state index contributed by atoms with van der Waals surface area (Å²) in [6.45, 7) is 2.90. The van der Waals surface area contributed by atoms with Gasteiger partial charge in [-0.2, -0.15) is 15.6 Å². The van der Waals surface area contributed by atoms with Gasteiger partial charge in [0.2, 0.25) is 0 Å². The summed E-state index contributed by atoms with van der Waals surface area (Å²) < 4.78 is 7.30. The fourth-order valence-electron chi connectivity index (χ4n) is 3.06. The maximum atomic E-state index is 12.9. The molecular weight excluding hydrogens is 438 g/mol. The first-order valence-corrected chi connectivity index (χ1v) is 10.8. The van der Waals surface area contributed by atoms with E-state index in [9.17, 15) is 10.1 Å². The average molecular weight is 460 g/mol. The van der Waals surface area contributed by atoms with Gasteiger partial charge in [0.15, 0.2) is 0 Å². The van der Waals surface area contributed by atoms with Crippen molar-refractivity contribution in [1.29, 1.82) is 10.5 Å². The van der Waals surface area contributed by atoms with Crippen LogP contribution in [0.25, 0.3) is 17.3 Å². The third-order valence-corrected chi connectivity index (χ3v) is 4.87. The minimum Gasteiger partial charge on any atom is -0.491 e. The number of hydrogen-bond donors (Lipinski definition) is 1. The summed E-state index contributed by atoms with van der Waals surface area (Å²) in [5.74, 6) is -0.0203. The maximum absolute atomic E-state index is 12.9. The molecule has 0 unspecified atom stereocenters. The van der Waals surface area contributed by atoms with Gasteiger partial charge in [-0.3, -0.25) is 9.48 Å². The van der Waals surface area contributed by atoms with Crippen molar-refractivity contribution < 1.29 is 9.53 Å². The number of benzene rings is 2. The number of hydrogen-bond acceptors (Lipinski definition) is 5. The molecule has 8 heteroatoms. The van der Waals surface area contributed by atoms with Crippen LogP contribution in [0.1, 0.15) is 25.3 Å². The molecule has 0 saturated heterocycles. The summed E-state index contributed by atoms with van der Waals surface area (Å²) in [5.41, 5.74) is 2.33. The van der Waals surface area contributed by atoms with E-state index in [0.29, 0.717) is 40.9 Å². The molecule has 0 atom stereocenters. The molecule has 2 aromatic carbocycles. The fourth-order valence-corrected chi connectivity index (χ4v) is 3.18. The van der Waals surface area contributed by atoms with E-state index in [1.54, 1.807) is 41.2 Å². The molecule has 7 nitrogen and oxygen atoms in total. The van der Waals surface area contributed by atoms with Crippen LogP contribution < -0.4 is 10.1 Å². The number of nitrogens with zero attached hydrogens (tertiary/aromatic N) is 4. The molecule has 0 spiro atoms. The van der Waals surface area contributed by atoms with Gasteiger partial charge in [0.25, 0.3) is 5.91 Å². The molecule has 0 fully saturated rings. The van der Waals surface area contributed by atoms with Crippen molar-refractivity contribution in [1.82, 2.24) is 9.78 Å². The lowest BCUT2D eigenvalue weighted by Gasteiger charge is -2.11. The van der Waals surface area contributed by atoms with Crippen molar-refractivity contribution in [2.24, 2.45) is 0 Å². The van der Waals surface area contributed by atoms with Gasteiger partial charge in [-0.15, -0.1) is 0 Å². The lowest BCUT2D eigenvalue weighted by molar-refractivity contribution is -0.112. The number of aryl methyl sites for hydroxylation is 1. The Labute approximate surface area is 197 Å². The Hall–Kier alpha value is -4.07. The van der Waals surface area contributed by atoms with E-state index in [2.05, 4.69) is 16.5 Å². The number of halogens is 1. The van der Waals surface area contributed by atoms with Crippen molar-refractivity contribution >= 4 is 29.3 Å². The largest absolute Gasteiger partial charge is 0.491 e. The van der Waals surface area contributed by atoms with Gasteiger partial charge < -0.3 is 10.1 Å². The Kier molecular flexibility index (Phi) is 8.24. The molecule has 3 aromatic rings. The molecule has 0 aliphatic heterocycles. The van der Waals surface area contributed by atoms with Crippen molar-refractivity contribution in [2.45, 2.75) is 26.3 Å². The van der Waals surface area contributed by atoms with Crippen LogP contribution >= 0.6 is 11.6 Å². The highest BCUT2D eigenvalue weighted by Crippen LogP contribution is 2.27. The number of carbonyl (C=O) groups is 1. The smallest absolute Gasteiger partial charge is 0.266 e. The first kappa shape index (κ1) is 23.6. The van der Waals surface area contributed by atoms with Crippen molar-refractivity contribution in [3.05, 3.63) is 70.9 Å². The highest BCUT2D eigenvalue weighted by Gasteiger charge is 2.16. The molecule has 1 amide bonds. The number of carbonyl (C=O) groups excluding carboxylic acids is 1. The number of rotatable bonds is 9. The van der Waals surface area contributed by atoms with Crippen molar-refractivity contribution in [3.8, 4) is 29.1 Å². The second-order valence-corrected chi connectivity index (χ2v) is 7.52. The summed E-state index contributed by atoms with van der Waals surface area (Å²) in [6, 6.07) is 18.2. The van der Waals surface area contributed by atoms with Gasteiger partial charge in [-0.25, -0.2) is 0 Å². The summed E-state index contributed by atoms with van der Waals surface area (Å²) in [7, 11) is 0. The Morgan fingerprint density at radius 3 is 2.67 bits per heavy atom. The first-order valence-electron chi connectivity index (χ1n) is 10.4. The molecule has 0 saturated carbocycles. The molecular formula is C25H22ClN5O2. The molecule has 1 N–H and O–H groups in total.